The van der Waals surface area contributed by atoms with Gasteiger partial charge in [-0.15, -0.1) is 0 Å². The van der Waals surface area contributed by atoms with Crippen LogP contribution < -0.4 is 0 Å². The normalized spacial score (nSPS) is 21.8. The van der Waals surface area contributed by atoms with E-state index in [4.69, 9.17) is 4.74 Å². The van der Waals surface area contributed by atoms with Crippen LogP contribution >= 0.6 is 0 Å². The minimum Gasteiger partial charge on any atom is -0.463 e. The highest BCUT2D eigenvalue weighted by atomic mass is 16.5. The van der Waals surface area contributed by atoms with Gasteiger partial charge < -0.3 is 4.74 Å². The van der Waals surface area contributed by atoms with Crippen molar-refractivity contribution in [3.8, 4) is 0 Å². The number of esters is 1. The molecule has 1 aliphatic rings. The summed E-state index contributed by atoms with van der Waals surface area (Å²) in [6.45, 7) is 6.02. The van der Waals surface area contributed by atoms with Gasteiger partial charge in [0.15, 0.2) is 0 Å². The molecule has 0 aromatic rings. The van der Waals surface area contributed by atoms with Crippen LogP contribution in [-0.4, -0.2) is 18.4 Å². The molecule has 0 N–H and O–H groups in total. The summed E-state index contributed by atoms with van der Waals surface area (Å²) in [4.78, 5) is 23.2. The number of hydrogen-bond donors (Lipinski definition) is 0. The summed E-state index contributed by atoms with van der Waals surface area (Å²) in [5, 5.41) is 0. The molecular weight excluding hydrogens is 192 g/mol. The Bertz CT molecular complexity index is 302. The molecule has 0 amide bonds. The Hall–Kier alpha value is -1.12. The fraction of sp³-hybridized carbons (Fsp3) is 0.667. The van der Waals surface area contributed by atoms with E-state index >= 15 is 0 Å². The van der Waals surface area contributed by atoms with Gasteiger partial charge in [-0.2, -0.15) is 0 Å². The maximum Gasteiger partial charge on any atom is 0.333 e. The molecular formula is C12H18O3. The number of ether oxygens (including phenoxy) is 1. The van der Waals surface area contributed by atoms with E-state index in [1.54, 1.807) is 6.92 Å². The molecule has 0 aliphatic heterocycles. The summed E-state index contributed by atoms with van der Waals surface area (Å²) >= 11 is 0. The lowest BCUT2D eigenvalue weighted by molar-refractivity contribution is -0.139. The summed E-state index contributed by atoms with van der Waals surface area (Å²) in [6, 6.07) is 0. The van der Waals surface area contributed by atoms with Crippen molar-refractivity contribution in [1.82, 2.24) is 0 Å². The second kappa shape index (κ2) is 5.10. The van der Waals surface area contributed by atoms with Crippen molar-refractivity contribution in [1.29, 1.82) is 0 Å². The molecule has 0 saturated carbocycles. The molecule has 3 nitrogen and oxygen atoms in total. The molecule has 0 aromatic carbocycles. The number of allylic oxidation sites excluding steroid dienone is 1. The SMILES string of the molecule is CCOC(=O)C1=C(C)C(CC)C(=O)CC1. The van der Waals surface area contributed by atoms with Gasteiger partial charge in [-0.25, -0.2) is 4.79 Å². The molecule has 0 spiro atoms. The highest BCUT2D eigenvalue weighted by Crippen LogP contribution is 2.30. The average molecular weight is 210 g/mol. The molecule has 0 fully saturated rings. The lowest BCUT2D eigenvalue weighted by atomic mass is 9.81. The lowest BCUT2D eigenvalue weighted by Crippen LogP contribution is -2.24. The number of rotatable bonds is 3. The van der Waals surface area contributed by atoms with Crippen LogP contribution in [0.1, 0.15) is 40.0 Å². The van der Waals surface area contributed by atoms with Crippen LogP contribution in [0.15, 0.2) is 11.1 Å². The van der Waals surface area contributed by atoms with Crippen LogP contribution in [0.3, 0.4) is 0 Å². The van der Waals surface area contributed by atoms with Gasteiger partial charge in [-0.05, 0) is 26.7 Å². The maximum atomic E-state index is 11.6. The van der Waals surface area contributed by atoms with E-state index in [0.29, 0.717) is 25.0 Å². The molecule has 1 rings (SSSR count). The third-order valence-corrected chi connectivity index (χ3v) is 2.94. The van der Waals surface area contributed by atoms with E-state index in [9.17, 15) is 9.59 Å². The fourth-order valence-corrected chi connectivity index (χ4v) is 2.09. The Morgan fingerprint density at radius 3 is 2.60 bits per heavy atom. The Morgan fingerprint density at radius 2 is 2.07 bits per heavy atom. The van der Waals surface area contributed by atoms with Crippen molar-refractivity contribution in [2.45, 2.75) is 40.0 Å². The first-order chi connectivity index (χ1) is 7.11. The summed E-state index contributed by atoms with van der Waals surface area (Å²) < 4.78 is 4.97. The highest BCUT2D eigenvalue weighted by Gasteiger charge is 2.29. The van der Waals surface area contributed by atoms with Gasteiger partial charge in [0.25, 0.3) is 0 Å². The molecule has 0 heterocycles. The Balaban J connectivity index is 2.91. The molecule has 15 heavy (non-hydrogen) atoms. The summed E-state index contributed by atoms with van der Waals surface area (Å²) in [5.74, 6) is -0.0674. The van der Waals surface area contributed by atoms with Crippen LogP contribution in [0.5, 0.6) is 0 Å². The summed E-state index contributed by atoms with van der Waals surface area (Å²) in [6.07, 6.45) is 1.79. The van der Waals surface area contributed by atoms with Crippen molar-refractivity contribution in [2.75, 3.05) is 6.61 Å². The number of carbonyl (C=O) groups is 2. The van der Waals surface area contributed by atoms with Crippen molar-refractivity contribution in [3.05, 3.63) is 11.1 Å². The van der Waals surface area contributed by atoms with E-state index in [1.807, 2.05) is 13.8 Å². The quantitative estimate of drug-likeness (QED) is 0.671. The third-order valence-electron chi connectivity index (χ3n) is 2.94. The highest BCUT2D eigenvalue weighted by molar-refractivity contribution is 5.95. The largest absolute Gasteiger partial charge is 0.463 e. The molecule has 84 valence electrons. The van der Waals surface area contributed by atoms with Gasteiger partial charge >= 0.3 is 5.97 Å². The number of ketones is 1. The zero-order chi connectivity index (χ0) is 11.4. The van der Waals surface area contributed by atoms with Crippen molar-refractivity contribution in [2.24, 2.45) is 5.92 Å². The summed E-state index contributed by atoms with van der Waals surface area (Å²) in [5.41, 5.74) is 1.62. The van der Waals surface area contributed by atoms with E-state index in [0.717, 1.165) is 12.0 Å². The van der Waals surface area contributed by atoms with Gasteiger partial charge in [0.2, 0.25) is 0 Å². The monoisotopic (exact) mass is 210 g/mol. The Kier molecular flexibility index (Phi) is 4.06. The lowest BCUT2D eigenvalue weighted by Gasteiger charge is -2.23. The molecule has 0 aromatic heterocycles. The minimum atomic E-state index is -0.249. The molecule has 1 atom stereocenters. The van der Waals surface area contributed by atoms with Gasteiger partial charge in [0.05, 0.1) is 6.61 Å². The predicted octanol–water partition coefficient (Wildman–Crippen LogP) is 2.26. The van der Waals surface area contributed by atoms with Crippen LogP contribution in [0.4, 0.5) is 0 Å². The van der Waals surface area contributed by atoms with Gasteiger partial charge in [0, 0.05) is 17.9 Å². The first kappa shape index (κ1) is 12.0. The van der Waals surface area contributed by atoms with E-state index < -0.39 is 0 Å². The Morgan fingerprint density at radius 1 is 1.40 bits per heavy atom. The fourth-order valence-electron chi connectivity index (χ4n) is 2.09. The molecule has 3 heteroatoms. The summed E-state index contributed by atoms with van der Waals surface area (Å²) in [7, 11) is 0. The minimum absolute atomic E-state index is 0.0712. The van der Waals surface area contributed by atoms with Crippen molar-refractivity contribution >= 4 is 11.8 Å². The first-order valence-corrected chi connectivity index (χ1v) is 5.51. The molecule has 0 saturated heterocycles. The maximum absolute atomic E-state index is 11.6. The zero-order valence-corrected chi connectivity index (χ0v) is 9.63. The third kappa shape index (κ3) is 2.46. The van der Waals surface area contributed by atoms with Crippen LogP contribution in [0.2, 0.25) is 0 Å². The topological polar surface area (TPSA) is 43.4 Å². The smallest absolute Gasteiger partial charge is 0.333 e. The first-order valence-electron chi connectivity index (χ1n) is 5.51. The zero-order valence-electron chi connectivity index (χ0n) is 9.63. The van der Waals surface area contributed by atoms with E-state index in [-0.39, 0.29) is 17.7 Å². The van der Waals surface area contributed by atoms with E-state index in [2.05, 4.69) is 0 Å². The van der Waals surface area contributed by atoms with Gasteiger partial charge in [0.1, 0.15) is 5.78 Å². The number of carbonyl (C=O) groups excluding carboxylic acids is 2. The standard InChI is InChI=1S/C12H18O3/c1-4-9-8(3)10(6-7-11(9)13)12(14)15-5-2/h9H,4-7H2,1-3H3. The second-order valence-corrected chi connectivity index (χ2v) is 3.81. The van der Waals surface area contributed by atoms with Crippen molar-refractivity contribution < 1.29 is 14.3 Å². The predicted molar refractivity (Wildman–Crippen MR) is 57.4 cm³/mol. The molecule has 0 bridgehead atoms. The van der Waals surface area contributed by atoms with Crippen molar-refractivity contribution in [3.63, 3.8) is 0 Å². The van der Waals surface area contributed by atoms with Crippen LogP contribution in [-0.2, 0) is 14.3 Å². The average Bonchev–Trinajstić information content (AvgIpc) is 2.18. The molecule has 0 radical (unpaired) electrons. The number of Topliss-reactive ketones (excluding diaryl/α,β-unsaturated/α-hetero) is 1. The molecule has 1 unspecified atom stereocenters. The van der Waals surface area contributed by atoms with Crippen LogP contribution in [0.25, 0.3) is 0 Å². The van der Waals surface area contributed by atoms with Crippen LogP contribution in [0, 0.1) is 5.92 Å². The van der Waals surface area contributed by atoms with E-state index in [1.165, 1.54) is 0 Å². The number of hydrogen-bond acceptors (Lipinski definition) is 3. The van der Waals surface area contributed by atoms with Gasteiger partial charge in [-0.1, -0.05) is 12.5 Å². The van der Waals surface area contributed by atoms with Gasteiger partial charge in [-0.3, -0.25) is 4.79 Å². The Labute approximate surface area is 90.5 Å². The molecule has 1 aliphatic carbocycles. The second-order valence-electron chi connectivity index (χ2n) is 3.81.